The Hall–Kier alpha value is -1.06. The van der Waals surface area contributed by atoms with Crippen LogP contribution in [0.1, 0.15) is 35.6 Å². The van der Waals surface area contributed by atoms with Crippen molar-refractivity contribution in [3.8, 4) is 5.75 Å². The highest BCUT2D eigenvalue weighted by Gasteiger charge is 2.20. The van der Waals surface area contributed by atoms with E-state index in [4.69, 9.17) is 10.5 Å². The number of methoxy groups -OCH3 is 1. The second-order valence-electron chi connectivity index (χ2n) is 5.31. The molecule has 18 heavy (non-hydrogen) atoms. The number of hydrogen-bond acceptors (Lipinski definition) is 3. The molecule has 0 bridgehead atoms. The predicted molar refractivity (Wildman–Crippen MR) is 75.0 cm³/mol. The molecule has 1 saturated heterocycles. The van der Waals surface area contributed by atoms with Crippen molar-refractivity contribution in [3.05, 3.63) is 28.8 Å². The number of nitrogens with two attached hydrogens (primary N) is 1. The fourth-order valence-electron chi connectivity index (χ4n) is 2.84. The van der Waals surface area contributed by atoms with Crippen LogP contribution in [-0.2, 0) is 0 Å². The Bertz CT molecular complexity index is 411. The third kappa shape index (κ3) is 2.68. The summed E-state index contributed by atoms with van der Waals surface area (Å²) >= 11 is 0. The Morgan fingerprint density at radius 2 is 2.17 bits per heavy atom. The van der Waals surface area contributed by atoms with Gasteiger partial charge in [0.1, 0.15) is 5.75 Å². The van der Waals surface area contributed by atoms with Crippen LogP contribution in [-0.4, -0.2) is 20.2 Å². The van der Waals surface area contributed by atoms with Gasteiger partial charge in [-0.1, -0.05) is 6.07 Å². The number of nitrogens with one attached hydrogen (secondary N) is 1. The Labute approximate surface area is 110 Å². The minimum absolute atomic E-state index is 0.138. The van der Waals surface area contributed by atoms with E-state index in [1.54, 1.807) is 7.11 Å². The summed E-state index contributed by atoms with van der Waals surface area (Å²) in [6.07, 6.45) is 2.32. The fourth-order valence-corrected chi connectivity index (χ4v) is 2.84. The molecule has 3 heteroatoms. The van der Waals surface area contributed by atoms with Gasteiger partial charge in [-0.2, -0.15) is 0 Å². The van der Waals surface area contributed by atoms with Crippen LogP contribution >= 0.6 is 0 Å². The van der Waals surface area contributed by atoms with Crippen LogP contribution in [0.25, 0.3) is 0 Å². The molecule has 3 nitrogen and oxygen atoms in total. The zero-order valence-electron chi connectivity index (χ0n) is 11.6. The molecule has 0 spiro atoms. The van der Waals surface area contributed by atoms with Crippen molar-refractivity contribution < 1.29 is 4.74 Å². The molecule has 1 aromatic carbocycles. The lowest BCUT2D eigenvalue weighted by molar-refractivity contribution is 0.410. The maximum atomic E-state index is 6.37. The van der Waals surface area contributed by atoms with Crippen LogP contribution in [0.3, 0.4) is 0 Å². The monoisotopic (exact) mass is 248 g/mol. The number of rotatable bonds is 4. The van der Waals surface area contributed by atoms with E-state index in [9.17, 15) is 0 Å². The molecule has 0 aromatic heterocycles. The Balaban J connectivity index is 2.14. The molecular weight excluding hydrogens is 224 g/mol. The van der Waals surface area contributed by atoms with Crippen LogP contribution < -0.4 is 15.8 Å². The quantitative estimate of drug-likeness (QED) is 0.859. The molecule has 2 rings (SSSR count). The van der Waals surface area contributed by atoms with E-state index in [1.165, 1.54) is 23.1 Å². The molecule has 1 fully saturated rings. The zero-order chi connectivity index (χ0) is 13.1. The van der Waals surface area contributed by atoms with Crippen LogP contribution in [0.2, 0.25) is 0 Å². The average Bonchev–Trinajstić information content (AvgIpc) is 2.85. The van der Waals surface area contributed by atoms with Gasteiger partial charge >= 0.3 is 0 Å². The molecule has 0 aliphatic carbocycles. The lowest BCUT2D eigenvalue weighted by Gasteiger charge is -2.20. The SMILES string of the molecule is COc1ccc(C(N)CC2CCNC2)c(C)c1C. The predicted octanol–water partition coefficient (Wildman–Crippen LogP) is 2.31. The summed E-state index contributed by atoms with van der Waals surface area (Å²) < 4.78 is 5.34. The molecule has 0 amide bonds. The van der Waals surface area contributed by atoms with Crippen molar-refractivity contribution in [2.24, 2.45) is 11.7 Å². The van der Waals surface area contributed by atoms with E-state index < -0.39 is 0 Å². The number of hydrogen-bond donors (Lipinski definition) is 2. The molecule has 1 aliphatic heterocycles. The van der Waals surface area contributed by atoms with Gasteiger partial charge in [0.15, 0.2) is 0 Å². The van der Waals surface area contributed by atoms with Gasteiger partial charge in [0.2, 0.25) is 0 Å². The molecule has 1 aliphatic rings. The normalized spacial score (nSPS) is 21.0. The third-order valence-electron chi connectivity index (χ3n) is 4.15. The smallest absolute Gasteiger partial charge is 0.122 e. The number of benzene rings is 1. The minimum atomic E-state index is 0.138. The summed E-state index contributed by atoms with van der Waals surface area (Å²) in [5.41, 5.74) is 10.1. The molecule has 2 atom stereocenters. The van der Waals surface area contributed by atoms with Gasteiger partial charge in [0, 0.05) is 6.04 Å². The molecule has 1 heterocycles. The lowest BCUT2D eigenvalue weighted by atomic mass is 9.90. The largest absolute Gasteiger partial charge is 0.496 e. The average molecular weight is 248 g/mol. The van der Waals surface area contributed by atoms with Gasteiger partial charge in [-0.15, -0.1) is 0 Å². The molecule has 100 valence electrons. The van der Waals surface area contributed by atoms with Crippen molar-refractivity contribution in [2.75, 3.05) is 20.2 Å². The Morgan fingerprint density at radius 3 is 2.78 bits per heavy atom. The highest BCUT2D eigenvalue weighted by Crippen LogP contribution is 2.30. The summed E-state index contributed by atoms with van der Waals surface area (Å²) in [4.78, 5) is 0. The van der Waals surface area contributed by atoms with Crippen molar-refractivity contribution in [2.45, 2.75) is 32.7 Å². The van der Waals surface area contributed by atoms with Gasteiger partial charge in [-0.25, -0.2) is 0 Å². The lowest BCUT2D eigenvalue weighted by Crippen LogP contribution is -2.18. The molecule has 1 aromatic rings. The number of ether oxygens (including phenoxy) is 1. The van der Waals surface area contributed by atoms with Crippen LogP contribution in [0.4, 0.5) is 0 Å². The molecule has 0 saturated carbocycles. The van der Waals surface area contributed by atoms with Gasteiger partial charge < -0.3 is 15.8 Å². The van der Waals surface area contributed by atoms with E-state index >= 15 is 0 Å². The fraction of sp³-hybridized carbons (Fsp3) is 0.600. The second kappa shape index (κ2) is 5.72. The third-order valence-corrected chi connectivity index (χ3v) is 4.15. The molecule has 0 radical (unpaired) electrons. The van der Waals surface area contributed by atoms with Gasteiger partial charge in [0.25, 0.3) is 0 Å². The first-order valence-corrected chi connectivity index (χ1v) is 6.74. The Morgan fingerprint density at radius 1 is 1.39 bits per heavy atom. The summed E-state index contributed by atoms with van der Waals surface area (Å²) in [7, 11) is 1.71. The summed E-state index contributed by atoms with van der Waals surface area (Å²) in [5.74, 6) is 1.67. The van der Waals surface area contributed by atoms with Crippen molar-refractivity contribution >= 4 is 0 Å². The summed E-state index contributed by atoms with van der Waals surface area (Å²) in [5, 5.41) is 3.40. The van der Waals surface area contributed by atoms with Crippen LogP contribution in [0.5, 0.6) is 5.75 Å². The minimum Gasteiger partial charge on any atom is -0.496 e. The van der Waals surface area contributed by atoms with E-state index in [-0.39, 0.29) is 6.04 Å². The molecular formula is C15H24N2O. The molecule has 2 unspecified atom stereocenters. The first-order valence-electron chi connectivity index (χ1n) is 6.74. The first-order chi connectivity index (χ1) is 8.63. The van der Waals surface area contributed by atoms with Gasteiger partial charge in [-0.05, 0) is 68.5 Å². The topological polar surface area (TPSA) is 47.3 Å². The highest BCUT2D eigenvalue weighted by molar-refractivity contribution is 5.44. The van der Waals surface area contributed by atoms with Gasteiger partial charge in [0.05, 0.1) is 7.11 Å². The molecule has 3 N–H and O–H groups in total. The van der Waals surface area contributed by atoms with Crippen molar-refractivity contribution in [1.29, 1.82) is 0 Å². The van der Waals surface area contributed by atoms with Crippen LogP contribution in [0.15, 0.2) is 12.1 Å². The summed E-state index contributed by atoms with van der Waals surface area (Å²) in [6, 6.07) is 4.29. The first kappa shape index (κ1) is 13.4. The maximum Gasteiger partial charge on any atom is 0.122 e. The van der Waals surface area contributed by atoms with E-state index in [0.717, 1.165) is 31.2 Å². The Kier molecular flexibility index (Phi) is 4.25. The van der Waals surface area contributed by atoms with E-state index in [2.05, 4.69) is 25.2 Å². The standard InChI is InChI=1S/C15H24N2O/c1-10-11(2)15(18-3)5-4-13(10)14(16)8-12-6-7-17-9-12/h4-5,12,14,17H,6-9,16H2,1-3H3. The van der Waals surface area contributed by atoms with E-state index in [0.29, 0.717) is 0 Å². The van der Waals surface area contributed by atoms with Crippen molar-refractivity contribution in [3.63, 3.8) is 0 Å². The van der Waals surface area contributed by atoms with E-state index in [1.807, 2.05) is 6.07 Å². The maximum absolute atomic E-state index is 6.37. The highest BCUT2D eigenvalue weighted by atomic mass is 16.5. The zero-order valence-corrected chi connectivity index (χ0v) is 11.6. The van der Waals surface area contributed by atoms with Crippen molar-refractivity contribution in [1.82, 2.24) is 5.32 Å². The van der Waals surface area contributed by atoms with Gasteiger partial charge in [-0.3, -0.25) is 0 Å². The summed E-state index contributed by atoms with van der Waals surface area (Å²) in [6.45, 7) is 6.49. The second-order valence-corrected chi connectivity index (χ2v) is 5.31. The van der Waals surface area contributed by atoms with Crippen LogP contribution in [0, 0.1) is 19.8 Å².